The van der Waals surface area contributed by atoms with Crippen LogP contribution < -0.4 is 15.2 Å². The monoisotopic (exact) mass is 423 g/mol. The SMILES string of the molecule is CCOc1cc(C(CC(N)=O)N2C(=O)c3cccnc3C2=O)ccc1OC1CCCC1. The molecule has 2 heterocycles. The number of hydrogen-bond acceptors (Lipinski definition) is 6. The molecule has 0 saturated heterocycles. The van der Waals surface area contributed by atoms with Crippen molar-refractivity contribution in [1.29, 1.82) is 0 Å². The number of pyridine rings is 1. The lowest BCUT2D eigenvalue weighted by molar-refractivity contribution is -0.118. The van der Waals surface area contributed by atoms with E-state index in [0.29, 0.717) is 23.7 Å². The Bertz CT molecular complexity index is 981. The van der Waals surface area contributed by atoms with Crippen molar-refractivity contribution < 1.29 is 23.9 Å². The minimum Gasteiger partial charge on any atom is -0.490 e. The number of nitrogens with two attached hydrogens (primary N) is 1. The average molecular weight is 423 g/mol. The van der Waals surface area contributed by atoms with Crippen LogP contribution in [0.2, 0.25) is 0 Å². The fraction of sp³-hybridized carbons (Fsp3) is 0.391. The summed E-state index contributed by atoms with van der Waals surface area (Å²) in [6.45, 7) is 2.28. The summed E-state index contributed by atoms with van der Waals surface area (Å²) in [5, 5.41) is 0. The van der Waals surface area contributed by atoms with E-state index in [9.17, 15) is 14.4 Å². The van der Waals surface area contributed by atoms with Crippen LogP contribution in [0, 0.1) is 0 Å². The van der Waals surface area contributed by atoms with E-state index < -0.39 is 23.8 Å². The van der Waals surface area contributed by atoms with E-state index in [4.69, 9.17) is 15.2 Å². The molecule has 1 unspecified atom stereocenters. The van der Waals surface area contributed by atoms with Gasteiger partial charge in [0.2, 0.25) is 5.91 Å². The molecule has 1 aliphatic heterocycles. The lowest BCUT2D eigenvalue weighted by Crippen LogP contribution is -2.36. The van der Waals surface area contributed by atoms with Crippen molar-refractivity contribution in [2.75, 3.05) is 6.61 Å². The van der Waals surface area contributed by atoms with Gasteiger partial charge in [0, 0.05) is 6.20 Å². The van der Waals surface area contributed by atoms with Gasteiger partial charge >= 0.3 is 0 Å². The van der Waals surface area contributed by atoms with Crippen molar-refractivity contribution in [3.8, 4) is 11.5 Å². The first-order valence-electron chi connectivity index (χ1n) is 10.5. The van der Waals surface area contributed by atoms with Crippen molar-refractivity contribution >= 4 is 17.7 Å². The lowest BCUT2D eigenvalue weighted by Gasteiger charge is -2.26. The molecule has 1 aliphatic carbocycles. The Labute approximate surface area is 180 Å². The number of primary amides is 1. The van der Waals surface area contributed by atoms with E-state index in [2.05, 4.69) is 4.98 Å². The molecule has 2 aliphatic rings. The molecule has 8 heteroatoms. The normalized spacial score (nSPS) is 17.0. The zero-order valence-electron chi connectivity index (χ0n) is 17.4. The van der Waals surface area contributed by atoms with E-state index >= 15 is 0 Å². The molecule has 1 aromatic carbocycles. The van der Waals surface area contributed by atoms with E-state index in [1.54, 1.807) is 30.3 Å². The van der Waals surface area contributed by atoms with Crippen molar-refractivity contribution in [3.05, 3.63) is 53.3 Å². The highest BCUT2D eigenvalue weighted by molar-refractivity contribution is 6.20. The number of aromatic nitrogens is 1. The second kappa shape index (κ2) is 8.75. The minimum absolute atomic E-state index is 0.0770. The summed E-state index contributed by atoms with van der Waals surface area (Å²) in [4.78, 5) is 42.9. The molecular weight excluding hydrogens is 398 g/mol. The molecule has 1 aromatic heterocycles. The van der Waals surface area contributed by atoms with E-state index in [1.165, 1.54) is 6.20 Å². The van der Waals surface area contributed by atoms with Crippen LogP contribution in [0.3, 0.4) is 0 Å². The number of carbonyl (C=O) groups is 3. The first kappa shape index (κ1) is 20.8. The third-order valence-electron chi connectivity index (χ3n) is 5.63. The summed E-state index contributed by atoms with van der Waals surface area (Å²) in [5.74, 6) is -0.547. The Kier molecular flexibility index (Phi) is 5.88. The molecule has 1 atom stereocenters. The molecule has 2 N–H and O–H groups in total. The van der Waals surface area contributed by atoms with Crippen LogP contribution in [0.15, 0.2) is 36.5 Å². The molecule has 0 bridgehead atoms. The number of amides is 3. The molecule has 3 amide bonds. The zero-order valence-corrected chi connectivity index (χ0v) is 17.4. The van der Waals surface area contributed by atoms with Crippen molar-refractivity contribution in [1.82, 2.24) is 9.88 Å². The van der Waals surface area contributed by atoms with Gasteiger partial charge < -0.3 is 15.2 Å². The van der Waals surface area contributed by atoms with Gasteiger partial charge in [-0.05, 0) is 62.4 Å². The third kappa shape index (κ3) is 4.10. The van der Waals surface area contributed by atoms with Crippen molar-refractivity contribution in [2.45, 2.75) is 51.2 Å². The second-order valence-electron chi connectivity index (χ2n) is 7.73. The highest BCUT2D eigenvalue weighted by atomic mass is 16.5. The molecule has 8 nitrogen and oxygen atoms in total. The fourth-order valence-corrected chi connectivity index (χ4v) is 4.20. The Morgan fingerprint density at radius 3 is 2.65 bits per heavy atom. The minimum atomic E-state index is -0.869. The topological polar surface area (TPSA) is 112 Å². The van der Waals surface area contributed by atoms with Gasteiger partial charge in [-0.1, -0.05) is 6.07 Å². The van der Waals surface area contributed by atoms with Crippen LogP contribution in [0.25, 0.3) is 0 Å². The number of rotatable bonds is 8. The number of benzene rings is 1. The summed E-state index contributed by atoms with van der Waals surface area (Å²) in [5.41, 5.74) is 6.33. The largest absolute Gasteiger partial charge is 0.490 e. The van der Waals surface area contributed by atoms with Gasteiger partial charge in [-0.25, -0.2) is 0 Å². The maximum atomic E-state index is 13.0. The molecule has 1 fully saturated rings. The number of hydrogen-bond donors (Lipinski definition) is 1. The number of nitrogens with zero attached hydrogens (tertiary/aromatic N) is 2. The third-order valence-corrected chi connectivity index (χ3v) is 5.63. The maximum Gasteiger partial charge on any atom is 0.280 e. The van der Waals surface area contributed by atoms with Crippen molar-refractivity contribution in [2.24, 2.45) is 5.73 Å². The summed E-state index contributed by atoms with van der Waals surface area (Å²) in [7, 11) is 0. The maximum absolute atomic E-state index is 13.0. The first-order valence-corrected chi connectivity index (χ1v) is 10.5. The van der Waals surface area contributed by atoms with Gasteiger partial charge in [0.05, 0.1) is 30.7 Å². The molecule has 0 radical (unpaired) electrons. The summed E-state index contributed by atoms with van der Waals surface area (Å²) >= 11 is 0. The van der Waals surface area contributed by atoms with E-state index in [1.807, 2.05) is 6.92 Å². The van der Waals surface area contributed by atoms with Crippen LogP contribution >= 0.6 is 0 Å². The molecule has 162 valence electrons. The predicted molar refractivity (Wildman–Crippen MR) is 112 cm³/mol. The summed E-state index contributed by atoms with van der Waals surface area (Å²) < 4.78 is 11.9. The van der Waals surface area contributed by atoms with Gasteiger partial charge in [-0.15, -0.1) is 0 Å². The first-order chi connectivity index (χ1) is 15.0. The van der Waals surface area contributed by atoms with Gasteiger partial charge in [0.25, 0.3) is 11.8 Å². The van der Waals surface area contributed by atoms with Gasteiger partial charge in [-0.3, -0.25) is 24.3 Å². The standard InChI is InChI=1S/C23H25N3O5/c1-2-30-19-12-14(9-10-18(19)31-15-6-3-4-7-15)17(13-20(24)27)26-22(28)16-8-5-11-25-21(16)23(26)29/h5,8-12,15,17H,2-4,6-7,13H2,1H3,(H2,24,27). The van der Waals surface area contributed by atoms with Crippen LogP contribution in [0.4, 0.5) is 0 Å². The number of fused-ring (bicyclic) bond motifs is 1. The Hall–Kier alpha value is -3.42. The van der Waals surface area contributed by atoms with Crippen LogP contribution in [0.1, 0.15) is 71.5 Å². The van der Waals surface area contributed by atoms with Crippen LogP contribution in [-0.2, 0) is 4.79 Å². The van der Waals surface area contributed by atoms with Crippen LogP contribution in [-0.4, -0.2) is 40.3 Å². The number of carbonyl (C=O) groups excluding carboxylic acids is 3. The average Bonchev–Trinajstić information content (AvgIpc) is 3.35. The lowest BCUT2D eigenvalue weighted by atomic mass is 10.0. The predicted octanol–water partition coefficient (Wildman–Crippen LogP) is 3.01. The van der Waals surface area contributed by atoms with Gasteiger partial charge in [-0.2, -0.15) is 0 Å². The van der Waals surface area contributed by atoms with E-state index in [0.717, 1.165) is 30.6 Å². The van der Waals surface area contributed by atoms with Gasteiger partial charge in [0.15, 0.2) is 11.5 Å². The highest BCUT2D eigenvalue weighted by Crippen LogP contribution is 2.38. The molecule has 1 saturated carbocycles. The molecule has 4 rings (SSSR count). The Balaban J connectivity index is 1.69. The zero-order chi connectivity index (χ0) is 22.0. The molecule has 31 heavy (non-hydrogen) atoms. The Morgan fingerprint density at radius 2 is 1.97 bits per heavy atom. The quantitative estimate of drug-likeness (QED) is 0.653. The molecular formula is C23H25N3O5. The summed E-state index contributed by atoms with van der Waals surface area (Å²) in [6, 6.07) is 7.51. The number of imide groups is 1. The number of ether oxygens (including phenoxy) is 2. The smallest absolute Gasteiger partial charge is 0.280 e. The fourth-order valence-electron chi connectivity index (χ4n) is 4.20. The van der Waals surface area contributed by atoms with Gasteiger partial charge in [0.1, 0.15) is 5.69 Å². The highest BCUT2D eigenvalue weighted by Gasteiger charge is 2.42. The molecule has 0 spiro atoms. The Morgan fingerprint density at radius 1 is 1.19 bits per heavy atom. The van der Waals surface area contributed by atoms with Crippen LogP contribution in [0.5, 0.6) is 11.5 Å². The van der Waals surface area contributed by atoms with E-state index in [-0.39, 0.29) is 23.8 Å². The molecule has 2 aromatic rings. The second-order valence-corrected chi connectivity index (χ2v) is 7.73. The van der Waals surface area contributed by atoms with Crippen molar-refractivity contribution in [3.63, 3.8) is 0 Å². The summed E-state index contributed by atoms with van der Waals surface area (Å²) in [6.07, 6.45) is 5.68.